The highest BCUT2D eigenvalue weighted by molar-refractivity contribution is 5.03. The molecule has 112 valence electrons. The minimum atomic E-state index is 0.211. The first-order valence-electron chi connectivity index (χ1n) is 8.29. The van der Waals surface area contributed by atoms with Crippen LogP contribution in [0.1, 0.15) is 66.7 Å². The van der Waals surface area contributed by atoms with Crippen LogP contribution in [0.2, 0.25) is 0 Å². The van der Waals surface area contributed by atoms with E-state index in [2.05, 4.69) is 34.6 Å². The zero-order chi connectivity index (χ0) is 14.2. The smallest absolute Gasteiger partial charge is 0.0662 e. The van der Waals surface area contributed by atoms with Crippen LogP contribution in [0.15, 0.2) is 0 Å². The summed E-state index contributed by atoms with van der Waals surface area (Å²) in [6.45, 7) is 11.6. The average Bonchev–Trinajstić information content (AvgIpc) is 2.37. The summed E-state index contributed by atoms with van der Waals surface area (Å²) in [5.41, 5.74) is 6.42. The number of nitrogens with two attached hydrogens (primary N) is 1. The van der Waals surface area contributed by atoms with E-state index >= 15 is 0 Å². The van der Waals surface area contributed by atoms with Gasteiger partial charge in [0.2, 0.25) is 0 Å². The van der Waals surface area contributed by atoms with Crippen LogP contribution in [0.5, 0.6) is 0 Å². The van der Waals surface area contributed by atoms with E-state index in [-0.39, 0.29) is 5.41 Å². The third-order valence-corrected chi connectivity index (χ3v) is 6.11. The monoisotopic (exact) mass is 267 g/mol. The lowest BCUT2D eigenvalue weighted by Crippen LogP contribution is -2.61. The second-order valence-electron chi connectivity index (χ2n) is 7.69. The predicted molar refractivity (Wildman–Crippen MR) is 81.0 cm³/mol. The molecule has 0 aromatic carbocycles. The van der Waals surface area contributed by atoms with Gasteiger partial charge in [0.05, 0.1) is 12.2 Å². The van der Waals surface area contributed by atoms with Crippen molar-refractivity contribution >= 4 is 0 Å². The van der Waals surface area contributed by atoms with Gasteiger partial charge in [-0.1, -0.05) is 41.0 Å². The van der Waals surface area contributed by atoms with E-state index in [0.29, 0.717) is 18.2 Å². The Morgan fingerprint density at radius 2 is 1.95 bits per heavy atom. The van der Waals surface area contributed by atoms with Crippen molar-refractivity contribution in [3.05, 3.63) is 0 Å². The molecule has 0 aromatic rings. The summed E-state index contributed by atoms with van der Waals surface area (Å²) < 4.78 is 6.57. The van der Waals surface area contributed by atoms with Gasteiger partial charge in [-0.3, -0.25) is 0 Å². The Morgan fingerprint density at radius 3 is 2.47 bits per heavy atom. The highest BCUT2D eigenvalue weighted by Crippen LogP contribution is 2.47. The zero-order valence-electron chi connectivity index (χ0n) is 13.5. The maximum Gasteiger partial charge on any atom is 0.0662 e. The van der Waals surface area contributed by atoms with Crippen molar-refractivity contribution < 1.29 is 4.74 Å². The van der Waals surface area contributed by atoms with E-state index in [9.17, 15) is 0 Å². The van der Waals surface area contributed by atoms with Gasteiger partial charge in [-0.15, -0.1) is 0 Å². The summed E-state index contributed by atoms with van der Waals surface area (Å²) >= 11 is 0. The summed E-state index contributed by atoms with van der Waals surface area (Å²) in [6.07, 6.45) is 7.00. The molecule has 2 heteroatoms. The molecule has 2 aliphatic carbocycles. The molecule has 6 unspecified atom stereocenters. The van der Waals surface area contributed by atoms with E-state index in [1.54, 1.807) is 0 Å². The molecule has 0 radical (unpaired) electrons. The van der Waals surface area contributed by atoms with E-state index < -0.39 is 0 Å². The van der Waals surface area contributed by atoms with Crippen LogP contribution in [-0.2, 0) is 4.74 Å². The zero-order valence-corrected chi connectivity index (χ0v) is 13.5. The largest absolute Gasteiger partial charge is 0.374 e. The van der Waals surface area contributed by atoms with Gasteiger partial charge in [0.1, 0.15) is 0 Å². The highest BCUT2D eigenvalue weighted by atomic mass is 16.5. The van der Waals surface area contributed by atoms with Crippen LogP contribution in [0.4, 0.5) is 0 Å². The van der Waals surface area contributed by atoms with Crippen LogP contribution in [0.25, 0.3) is 0 Å². The second kappa shape index (κ2) is 5.73. The summed E-state index contributed by atoms with van der Waals surface area (Å²) in [5.74, 6) is 2.30. The average molecular weight is 267 g/mol. The molecule has 2 aliphatic rings. The summed E-state index contributed by atoms with van der Waals surface area (Å²) in [6, 6.07) is 0.334. The highest BCUT2D eigenvalue weighted by Gasteiger charge is 2.50. The Labute approximate surface area is 119 Å². The summed E-state index contributed by atoms with van der Waals surface area (Å²) in [7, 11) is 0. The van der Waals surface area contributed by atoms with Crippen LogP contribution >= 0.6 is 0 Å². The Hall–Kier alpha value is -0.0800. The van der Waals surface area contributed by atoms with Crippen molar-refractivity contribution in [2.45, 2.75) is 85.0 Å². The fraction of sp³-hybridized carbons (Fsp3) is 1.00. The molecule has 2 saturated carbocycles. The number of hydrogen-bond donors (Lipinski definition) is 1. The molecule has 2 fully saturated rings. The fourth-order valence-electron chi connectivity index (χ4n) is 4.03. The SMILES string of the molecule is CCC1(C)C(N)CC1OC1CC(C)CCC1C(C)C. The van der Waals surface area contributed by atoms with E-state index in [0.717, 1.165) is 30.6 Å². The second-order valence-corrected chi connectivity index (χ2v) is 7.69. The van der Waals surface area contributed by atoms with Gasteiger partial charge in [-0.05, 0) is 43.4 Å². The van der Waals surface area contributed by atoms with Crippen molar-refractivity contribution in [3.63, 3.8) is 0 Å². The van der Waals surface area contributed by atoms with Gasteiger partial charge in [0.15, 0.2) is 0 Å². The first kappa shape index (κ1) is 15.3. The third-order valence-electron chi connectivity index (χ3n) is 6.11. The Morgan fingerprint density at radius 1 is 1.26 bits per heavy atom. The van der Waals surface area contributed by atoms with Gasteiger partial charge in [-0.25, -0.2) is 0 Å². The summed E-state index contributed by atoms with van der Waals surface area (Å²) in [5, 5.41) is 0. The first-order chi connectivity index (χ1) is 8.88. The molecule has 19 heavy (non-hydrogen) atoms. The minimum Gasteiger partial charge on any atom is -0.374 e. The van der Waals surface area contributed by atoms with Gasteiger partial charge in [-0.2, -0.15) is 0 Å². The van der Waals surface area contributed by atoms with Gasteiger partial charge >= 0.3 is 0 Å². The molecule has 0 heterocycles. The molecule has 0 bridgehead atoms. The molecule has 0 aliphatic heterocycles. The van der Waals surface area contributed by atoms with E-state index in [1.165, 1.54) is 19.3 Å². The number of rotatable bonds is 4. The first-order valence-corrected chi connectivity index (χ1v) is 8.29. The standard InChI is InChI=1S/C17H33NO/c1-6-17(5)15(18)10-16(17)19-14-9-12(4)7-8-13(14)11(2)3/h11-16H,6-10,18H2,1-5H3. The molecule has 2 rings (SSSR count). The van der Waals surface area contributed by atoms with E-state index in [4.69, 9.17) is 10.5 Å². The molecule has 0 spiro atoms. The molecular formula is C17H33NO. The molecule has 6 atom stereocenters. The quantitative estimate of drug-likeness (QED) is 0.836. The van der Waals surface area contributed by atoms with Gasteiger partial charge < -0.3 is 10.5 Å². The molecule has 0 amide bonds. The lowest BCUT2D eigenvalue weighted by atomic mass is 9.61. The molecule has 2 nitrogen and oxygen atoms in total. The van der Waals surface area contributed by atoms with Crippen molar-refractivity contribution in [3.8, 4) is 0 Å². The third kappa shape index (κ3) is 2.85. The van der Waals surface area contributed by atoms with Crippen molar-refractivity contribution in [2.24, 2.45) is 28.9 Å². The normalized spacial score (nSPS) is 47.2. The minimum absolute atomic E-state index is 0.211. The summed E-state index contributed by atoms with van der Waals surface area (Å²) in [4.78, 5) is 0. The number of ether oxygens (including phenoxy) is 1. The van der Waals surface area contributed by atoms with Crippen LogP contribution in [0.3, 0.4) is 0 Å². The lowest BCUT2D eigenvalue weighted by Gasteiger charge is -2.54. The molecule has 0 aromatic heterocycles. The molecular weight excluding hydrogens is 234 g/mol. The molecule has 2 N–H and O–H groups in total. The van der Waals surface area contributed by atoms with Gasteiger partial charge in [0.25, 0.3) is 0 Å². The van der Waals surface area contributed by atoms with Crippen molar-refractivity contribution in [1.82, 2.24) is 0 Å². The van der Waals surface area contributed by atoms with Gasteiger partial charge in [0, 0.05) is 11.5 Å². The fourth-order valence-corrected chi connectivity index (χ4v) is 4.03. The maximum atomic E-state index is 6.57. The Bertz CT molecular complexity index is 304. The van der Waals surface area contributed by atoms with Crippen LogP contribution in [0, 0.1) is 23.2 Å². The van der Waals surface area contributed by atoms with E-state index in [1.807, 2.05) is 0 Å². The van der Waals surface area contributed by atoms with Crippen molar-refractivity contribution in [1.29, 1.82) is 0 Å². The molecule has 0 saturated heterocycles. The number of hydrogen-bond acceptors (Lipinski definition) is 2. The van der Waals surface area contributed by atoms with Crippen molar-refractivity contribution in [2.75, 3.05) is 0 Å². The predicted octanol–water partition coefficient (Wildman–Crippen LogP) is 3.98. The maximum absolute atomic E-state index is 6.57. The Kier molecular flexibility index (Phi) is 4.62. The Balaban J connectivity index is 2.00. The van der Waals surface area contributed by atoms with Crippen LogP contribution in [-0.4, -0.2) is 18.2 Å². The lowest BCUT2D eigenvalue weighted by molar-refractivity contribution is -0.176. The topological polar surface area (TPSA) is 35.2 Å². The van der Waals surface area contributed by atoms with Crippen LogP contribution < -0.4 is 5.73 Å².